The number of thiol groups is 1. The second-order valence-electron chi connectivity index (χ2n) is 3.59. The van der Waals surface area contributed by atoms with Crippen LogP contribution >= 0.6 is 12.6 Å². The third kappa shape index (κ3) is 2.59. The topological polar surface area (TPSA) is 75.4 Å². The van der Waals surface area contributed by atoms with E-state index in [0.717, 1.165) is 13.0 Å². The monoisotopic (exact) mass is 204 g/mol. The molecule has 1 fully saturated rings. The van der Waals surface area contributed by atoms with Crippen molar-refractivity contribution < 1.29 is 9.90 Å². The van der Waals surface area contributed by atoms with Gasteiger partial charge in [0.2, 0.25) is 5.91 Å². The minimum atomic E-state index is -0.699. The lowest BCUT2D eigenvalue weighted by Crippen LogP contribution is -2.43. The van der Waals surface area contributed by atoms with E-state index in [2.05, 4.69) is 17.9 Å². The van der Waals surface area contributed by atoms with E-state index in [1.54, 1.807) is 6.92 Å². The molecule has 4 nitrogen and oxygen atoms in total. The van der Waals surface area contributed by atoms with Gasteiger partial charge in [0.05, 0.1) is 12.0 Å². The van der Waals surface area contributed by atoms with Crippen molar-refractivity contribution >= 4 is 18.5 Å². The number of primary amides is 1. The fraction of sp³-hybridized carbons (Fsp3) is 0.875. The summed E-state index contributed by atoms with van der Waals surface area (Å²) >= 11 is 4.28. The number of aliphatic hydroxyl groups excluding tert-OH is 1. The molecule has 0 aliphatic carbocycles. The Balaban J connectivity index is 2.47. The van der Waals surface area contributed by atoms with E-state index in [4.69, 9.17) is 5.73 Å². The summed E-state index contributed by atoms with van der Waals surface area (Å²) in [6.07, 6.45) is 0.0803. The molecule has 1 rings (SSSR count). The third-order valence-corrected chi connectivity index (χ3v) is 2.91. The van der Waals surface area contributed by atoms with Crippen molar-refractivity contribution in [2.45, 2.75) is 30.7 Å². The molecule has 0 aromatic rings. The van der Waals surface area contributed by atoms with Crippen LogP contribution in [0.2, 0.25) is 0 Å². The Morgan fingerprint density at radius 2 is 2.38 bits per heavy atom. The van der Waals surface area contributed by atoms with Crippen LogP contribution in [0.5, 0.6) is 0 Å². The molecular formula is C8H16N2O2S. The van der Waals surface area contributed by atoms with E-state index in [9.17, 15) is 9.90 Å². The smallest absolute Gasteiger partial charge is 0.222 e. The Kier molecular flexibility index (Phi) is 3.58. The van der Waals surface area contributed by atoms with Crippen LogP contribution in [0.25, 0.3) is 0 Å². The van der Waals surface area contributed by atoms with Crippen LogP contribution in [0.15, 0.2) is 0 Å². The van der Waals surface area contributed by atoms with Gasteiger partial charge in [0.25, 0.3) is 0 Å². The summed E-state index contributed by atoms with van der Waals surface area (Å²) in [4.78, 5) is 10.8. The molecular weight excluding hydrogens is 188 g/mol. The van der Waals surface area contributed by atoms with Crippen molar-refractivity contribution in [2.24, 2.45) is 11.7 Å². The first kappa shape index (κ1) is 10.8. The molecule has 0 aromatic carbocycles. The van der Waals surface area contributed by atoms with E-state index < -0.39 is 17.9 Å². The van der Waals surface area contributed by atoms with Crippen molar-refractivity contribution in [2.75, 3.05) is 6.54 Å². The number of nitrogens with one attached hydrogen (secondary N) is 1. The van der Waals surface area contributed by atoms with Gasteiger partial charge in [-0.3, -0.25) is 4.79 Å². The normalized spacial score (nSPS) is 32.8. The van der Waals surface area contributed by atoms with Gasteiger partial charge in [-0.1, -0.05) is 6.92 Å². The van der Waals surface area contributed by atoms with Gasteiger partial charge in [0, 0.05) is 17.8 Å². The summed E-state index contributed by atoms with van der Waals surface area (Å²) in [5.41, 5.74) is 5.09. The van der Waals surface area contributed by atoms with Gasteiger partial charge in [0.1, 0.15) is 0 Å². The Morgan fingerprint density at radius 1 is 1.77 bits per heavy atom. The number of hydrogen-bond donors (Lipinski definition) is 4. The molecule has 1 aliphatic rings. The van der Waals surface area contributed by atoms with Crippen molar-refractivity contribution in [3.8, 4) is 0 Å². The SMILES string of the molecule is C[C@H](C(N)=O)[C@@H](O)[C@@H]1C[C@H](S)CN1. The highest BCUT2D eigenvalue weighted by atomic mass is 32.1. The zero-order valence-corrected chi connectivity index (χ0v) is 8.50. The quantitative estimate of drug-likeness (QED) is 0.451. The summed E-state index contributed by atoms with van der Waals surface area (Å²) in [6, 6.07) is -0.0509. The molecule has 0 bridgehead atoms. The first-order valence-corrected chi connectivity index (χ1v) is 4.93. The van der Waals surface area contributed by atoms with E-state index in [1.165, 1.54) is 0 Å². The number of aliphatic hydroxyl groups is 1. The Morgan fingerprint density at radius 3 is 2.77 bits per heavy atom. The Hall–Kier alpha value is -0.260. The van der Waals surface area contributed by atoms with Gasteiger partial charge in [-0.25, -0.2) is 0 Å². The van der Waals surface area contributed by atoms with Crippen molar-refractivity contribution in [3.63, 3.8) is 0 Å². The van der Waals surface area contributed by atoms with Crippen LogP contribution in [0.1, 0.15) is 13.3 Å². The molecule has 4 atom stereocenters. The lowest BCUT2D eigenvalue weighted by molar-refractivity contribution is -0.125. The number of nitrogens with two attached hydrogens (primary N) is 1. The standard InChI is InChI=1S/C8H16N2O2S/c1-4(8(9)12)7(11)6-2-5(13)3-10-6/h4-7,10-11,13H,2-3H2,1H3,(H2,9,12)/t4-,5-,6-,7+/m0/s1. The maximum absolute atomic E-state index is 10.8. The van der Waals surface area contributed by atoms with Crippen LogP contribution in [0.4, 0.5) is 0 Å². The molecule has 0 spiro atoms. The van der Waals surface area contributed by atoms with E-state index in [-0.39, 0.29) is 11.3 Å². The summed E-state index contributed by atoms with van der Waals surface area (Å²) in [5.74, 6) is -0.965. The van der Waals surface area contributed by atoms with Crippen molar-refractivity contribution in [3.05, 3.63) is 0 Å². The van der Waals surface area contributed by atoms with Crippen LogP contribution in [0.3, 0.4) is 0 Å². The highest BCUT2D eigenvalue weighted by Gasteiger charge is 2.32. The molecule has 1 aliphatic heterocycles. The molecule has 1 saturated heterocycles. The highest BCUT2D eigenvalue weighted by molar-refractivity contribution is 7.81. The van der Waals surface area contributed by atoms with Crippen LogP contribution in [0, 0.1) is 5.92 Å². The molecule has 1 amide bonds. The predicted molar refractivity (Wildman–Crippen MR) is 53.5 cm³/mol. The summed E-state index contributed by atoms with van der Waals surface area (Å²) in [6.45, 7) is 2.41. The van der Waals surface area contributed by atoms with E-state index in [0.29, 0.717) is 0 Å². The predicted octanol–water partition coefficient (Wildman–Crippen LogP) is -0.871. The second-order valence-corrected chi connectivity index (χ2v) is 4.32. The molecule has 76 valence electrons. The first-order chi connectivity index (χ1) is 6.02. The number of hydrogen-bond acceptors (Lipinski definition) is 4. The van der Waals surface area contributed by atoms with Gasteiger partial charge in [-0.05, 0) is 6.42 Å². The number of amides is 1. The summed E-state index contributed by atoms with van der Waals surface area (Å²) in [7, 11) is 0. The van der Waals surface area contributed by atoms with Gasteiger partial charge in [-0.15, -0.1) is 0 Å². The average Bonchev–Trinajstić information content (AvgIpc) is 2.49. The molecule has 0 unspecified atom stereocenters. The minimum absolute atomic E-state index is 0.0509. The zero-order chi connectivity index (χ0) is 10.0. The molecule has 5 heteroatoms. The maximum atomic E-state index is 10.8. The third-order valence-electron chi connectivity index (χ3n) is 2.51. The van der Waals surface area contributed by atoms with E-state index in [1.807, 2.05) is 0 Å². The van der Waals surface area contributed by atoms with Gasteiger partial charge in [0.15, 0.2) is 0 Å². The zero-order valence-electron chi connectivity index (χ0n) is 7.60. The van der Waals surface area contributed by atoms with Crippen molar-refractivity contribution in [1.29, 1.82) is 0 Å². The van der Waals surface area contributed by atoms with Gasteiger partial charge >= 0.3 is 0 Å². The maximum Gasteiger partial charge on any atom is 0.222 e. The van der Waals surface area contributed by atoms with E-state index >= 15 is 0 Å². The first-order valence-electron chi connectivity index (χ1n) is 4.41. The number of rotatable bonds is 3. The lowest BCUT2D eigenvalue weighted by atomic mass is 9.96. The van der Waals surface area contributed by atoms with Gasteiger partial charge in [-0.2, -0.15) is 12.6 Å². The molecule has 1 heterocycles. The number of carbonyl (C=O) groups excluding carboxylic acids is 1. The van der Waals surface area contributed by atoms with Crippen LogP contribution in [-0.2, 0) is 4.79 Å². The second kappa shape index (κ2) is 4.30. The lowest BCUT2D eigenvalue weighted by Gasteiger charge is -2.22. The van der Waals surface area contributed by atoms with Gasteiger partial charge < -0.3 is 16.2 Å². The highest BCUT2D eigenvalue weighted by Crippen LogP contribution is 2.18. The molecule has 13 heavy (non-hydrogen) atoms. The summed E-state index contributed by atoms with van der Waals surface area (Å²) < 4.78 is 0. The largest absolute Gasteiger partial charge is 0.391 e. The Labute approximate surface area is 83.3 Å². The molecule has 0 aromatic heterocycles. The van der Waals surface area contributed by atoms with Crippen LogP contribution < -0.4 is 11.1 Å². The summed E-state index contributed by atoms with van der Waals surface area (Å²) in [5, 5.41) is 13.1. The molecule has 4 N–H and O–H groups in total. The number of carbonyl (C=O) groups is 1. The fourth-order valence-electron chi connectivity index (χ4n) is 1.52. The average molecular weight is 204 g/mol. The van der Waals surface area contributed by atoms with Crippen molar-refractivity contribution in [1.82, 2.24) is 5.32 Å². The minimum Gasteiger partial charge on any atom is -0.391 e. The fourth-order valence-corrected chi connectivity index (χ4v) is 1.86. The Bertz CT molecular complexity index is 201. The molecule has 0 saturated carbocycles. The van der Waals surface area contributed by atoms with Crippen LogP contribution in [-0.4, -0.2) is 35.0 Å². The molecule has 0 radical (unpaired) electrons.